The number of ketones is 1. The maximum atomic E-state index is 11.5. The molecule has 2 heteroatoms. The lowest BCUT2D eigenvalue weighted by atomic mass is 10.1. The fourth-order valence-electron chi connectivity index (χ4n) is 1.12. The summed E-state index contributed by atoms with van der Waals surface area (Å²) >= 11 is 1.77. The van der Waals surface area contributed by atoms with Gasteiger partial charge in [0.15, 0.2) is 5.78 Å². The molecule has 0 bridgehead atoms. The van der Waals surface area contributed by atoms with E-state index in [-0.39, 0.29) is 5.78 Å². The minimum atomic E-state index is 0.0260. The summed E-state index contributed by atoms with van der Waals surface area (Å²) < 4.78 is 0. The largest absolute Gasteiger partial charge is 0.289 e. The number of Topliss-reactive ketones (excluding diaryl/α,β-unsaturated/α-hetero) is 1. The van der Waals surface area contributed by atoms with Crippen LogP contribution in [0.2, 0.25) is 0 Å². The van der Waals surface area contributed by atoms with E-state index in [9.17, 15) is 4.79 Å². The quantitative estimate of drug-likeness (QED) is 0.425. The van der Waals surface area contributed by atoms with E-state index in [0.717, 1.165) is 11.3 Å². The first-order chi connectivity index (χ1) is 6.65. The average molecular weight is 206 g/mol. The van der Waals surface area contributed by atoms with Crippen molar-refractivity contribution in [2.24, 2.45) is 0 Å². The standard InChI is InChI=1S/C12H14OS/c1-4-14-11-7-5-10(6-8-11)12(13)9(2)3/h5-8H,2,4H2,1,3H3. The summed E-state index contributed by atoms with van der Waals surface area (Å²) in [6.45, 7) is 7.48. The Labute approximate surface area is 89.2 Å². The maximum absolute atomic E-state index is 11.5. The molecule has 0 spiro atoms. The highest BCUT2D eigenvalue weighted by Gasteiger charge is 2.05. The number of hydrogen-bond donors (Lipinski definition) is 0. The van der Waals surface area contributed by atoms with Crippen LogP contribution in [0.5, 0.6) is 0 Å². The molecule has 0 N–H and O–H groups in total. The molecule has 1 nitrogen and oxygen atoms in total. The molecule has 0 radical (unpaired) electrons. The van der Waals surface area contributed by atoms with Gasteiger partial charge >= 0.3 is 0 Å². The summed E-state index contributed by atoms with van der Waals surface area (Å²) in [6.07, 6.45) is 0. The molecule has 0 aromatic heterocycles. The van der Waals surface area contributed by atoms with E-state index < -0.39 is 0 Å². The second-order valence-electron chi connectivity index (χ2n) is 3.07. The molecule has 1 aromatic carbocycles. The Morgan fingerprint density at radius 2 is 1.93 bits per heavy atom. The van der Waals surface area contributed by atoms with Crippen LogP contribution in [0.3, 0.4) is 0 Å². The van der Waals surface area contributed by atoms with E-state index in [1.807, 2.05) is 24.3 Å². The molecule has 1 rings (SSSR count). The summed E-state index contributed by atoms with van der Waals surface area (Å²) in [6, 6.07) is 7.67. The van der Waals surface area contributed by atoms with Crippen LogP contribution in [-0.4, -0.2) is 11.5 Å². The molecule has 0 unspecified atom stereocenters. The van der Waals surface area contributed by atoms with Gasteiger partial charge in [0, 0.05) is 10.5 Å². The molecule has 74 valence electrons. The minimum Gasteiger partial charge on any atom is -0.289 e. The van der Waals surface area contributed by atoms with Crippen LogP contribution in [0.15, 0.2) is 41.3 Å². The number of carbonyl (C=O) groups excluding carboxylic acids is 1. The van der Waals surface area contributed by atoms with Gasteiger partial charge in [-0.15, -0.1) is 11.8 Å². The number of hydrogen-bond acceptors (Lipinski definition) is 2. The lowest BCUT2D eigenvalue weighted by Gasteiger charge is -2.01. The second-order valence-corrected chi connectivity index (χ2v) is 4.40. The molecule has 0 heterocycles. The highest BCUT2D eigenvalue weighted by Crippen LogP contribution is 2.18. The van der Waals surface area contributed by atoms with Gasteiger partial charge in [0.1, 0.15) is 0 Å². The topological polar surface area (TPSA) is 17.1 Å². The first-order valence-corrected chi connectivity index (χ1v) is 5.56. The van der Waals surface area contributed by atoms with Gasteiger partial charge in [-0.2, -0.15) is 0 Å². The van der Waals surface area contributed by atoms with Gasteiger partial charge in [-0.1, -0.05) is 13.5 Å². The smallest absolute Gasteiger partial charge is 0.188 e. The van der Waals surface area contributed by atoms with E-state index in [1.54, 1.807) is 18.7 Å². The van der Waals surface area contributed by atoms with Gasteiger partial charge in [-0.3, -0.25) is 4.79 Å². The first kappa shape index (κ1) is 11.1. The SMILES string of the molecule is C=C(C)C(=O)c1ccc(SCC)cc1. The van der Waals surface area contributed by atoms with Gasteiger partial charge in [-0.25, -0.2) is 0 Å². The molecule has 0 saturated carbocycles. The lowest BCUT2D eigenvalue weighted by molar-refractivity contribution is 0.103. The molecule has 0 aliphatic rings. The molecule has 0 aliphatic carbocycles. The first-order valence-electron chi connectivity index (χ1n) is 4.58. The van der Waals surface area contributed by atoms with Gasteiger partial charge in [0.2, 0.25) is 0 Å². The summed E-state index contributed by atoms with van der Waals surface area (Å²) in [5.74, 6) is 1.08. The Kier molecular flexibility index (Phi) is 3.96. The number of allylic oxidation sites excluding steroid dienone is 1. The van der Waals surface area contributed by atoms with Crippen molar-refractivity contribution in [1.82, 2.24) is 0 Å². The predicted octanol–water partition coefficient (Wildman–Crippen LogP) is 3.56. The monoisotopic (exact) mass is 206 g/mol. The fourth-order valence-corrected chi connectivity index (χ4v) is 1.78. The minimum absolute atomic E-state index is 0.0260. The van der Waals surface area contributed by atoms with E-state index in [0.29, 0.717) is 5.57 Å². The molecule has 0 amide bonds. The van der Waals surface area contributed by atoms with Crippen LogP contribution < -0.4 is 0 Å². The zero-order valence-electron chi connectivity index (χ0n) is 8.54. The van der Waals surface area contributed by atoms with Crippen molar-refractivity contribution >= 4 is 17.5 Å². The van der Waals surface area contributed by atoms with Crippen LogP contribution in [0.25, 0.3) is 0 Å². The zero-order valence-corrected chi connectivity index (χ0v) is 9.36. The molecule has 14 heavy (non-hydrogen) atoms. The van der Waals surface area contributed by atoms with Crippen molar-refractivity contribution in [2.45, 2.75) is 18.7 Å². The van der Waals surface area contributed by atoms with Crippen LogP contribution in [0.1, 0.15) is 24.2 Å². The van der Waals surface area contributed by atoms with Gasteiger partial charge < -0.3 is 0 Å². The number of carbonyl (C=O) groups is 1. The lowest BCUT2D eigenvalue weighted by Crippen LogP contribution is -1.98. The van der Waals surface area contributed by atoms with Crippen LogP contribution in [-0.2, 0) is 0 Å². The Balaban J connectivity index is 2.83. The molecule has 0 fully saturated rings. The predicted molar refractivity (Wildman–Crippen MR) is 62.0 cm³/mol. The molecular weight excluding hydrogens is 192 g/mol. The Hall–Kier alpha value is -1.02. The van der Waals surface area contributed by atoms with Crippen LogP contribution >= 0.6 is 11.8 Å². The third kappa shape index (κ3) is 2.74. The Bertz CT molecular complexity index is 338. The van der Waals surface area contributed by atoms with Gasteiger partial charge in [0.25, 0.3) is 0 Å². The van der Waals surface area contributed by atoms with Crippen molar-refractivity contribution < 1.29 is 4.79 Å². The number of rotatable bonds is 4. The van der Waals surface area contributed by atoms with E-state index >= 15 is 0 Å². The maximum Gasteiger partial charge on any atom is 0.188 e. The molecule has 0 aliphatic heterocycles. The average Bonchev–Trinajstić information content (AvgIpc) is 2.18. The van der Waals surface area contributed by atoms with Gasteiger partial charge in [0.05, 0.1) is 0 Å². The summed E-state index contributed by atoms with van der Waals surface area (Å²) in [5, 5.41) is 0. The van der Waals surface area contributed by atoms with Crippen molar-refractivity contribution in [2.75, 3.05) is 5.75 Å². The summed E-state index contributed by atoms with van der Waals surface area (Å²) in [4.78, 5) is 12.7. The third-order valence-corrected chi connectivity index (χ3v) is 2.71. The van der Waals surface area contributed by atoms with Crippen molar-refractivity contribution in [3.8, 4) is 0 Å². The van der Waals surface area contributed by atoms with Gasteiger partial charge in [-0.05, 0) is 42.5 Å². The van der Waals surface area contributed by atoms with Crippen LogP contribution in [0, 0.1) is 0 Å². The van der Waals surface area contributed by atoms with Crippen molar-refractivity contribution in [3.63, 3.8) is 0 Å². The molecular formula is C12H14OS. The van der Waals surface area contributed by atoms with E-state index in [4.69, 9.17) is 0 Å². The molecule has 0 saturated heterocycles. The van der Waals surface area contributed by atoms with E-state index in [1.165, 1.54) is 4.90 Å². The highest BCUT2D eigenvalue weighted by atomic mass is 32.2. The third-order valence-electron chi connectivity index (χ3n) is 1.82. The summed E-state index contributed by atoms with van der Waals surface area (Å²) in [5.41, 5.74) is 1.30. The van der Waals surface area contributed by atoms with Crippen LogP contribution in [0.4, 0.5) is 0 Å². The van der Waals surface area contributed by atoms with E-state index in [2.05, 4.69) is 13.5 Å². The van der Waals surface area contributed by atoms with Crippen molar-refractivity contribution in [1.29, 1.82) is 0 Å². The normalized spacial score (nSPS) is 9.86. The Morgan fingerprint density at radius 1 is 1.36 bits per heavy atom. The number of benzene rings is 1. The molecule has 1 aromatic rings. The number of thioether (sulfide) groups is 1. The zero-order chi connectivity index (χ0) is 10.6. The second kappa shape index (κ2) is 5.01. The molecule has 0 atom stereocenters. The highest BCUT2D eigenvalue weighted by molar-refractivity contribution is 7.99. The fraction of sp³-hybridized carbons (Fsp3) is 0.250. The Morgan fingerprint density at radius 3 is 2.36 bits per heavy atom. The summed E-state index contributed by atoms with van der Waals surface area (Å²) in [7, 11) is 0. The van der Waals surface area contributed by atoms with Crippen molar-refractivity contribution in [3.05, 3.63) is 42.0 Å².